The quantitative estimate of drug-likeness (QED) is 0.551. The van der Waals surface area contributed by atoms with Gasteiger partial charge in [-0.15, -0.1) is 0 Å². The second-order valence-electron chi connectivity index (χ2n) is 4.46. The van der Waals surface area contributed by atoms with E-state index >= 15 is 0 Å². The van der Waals surface area contributed by atoms with E-state index in [0.717, 1.165) is 6.29 Å². The van der Waals surface area contributed by atoms with Crippen LogP contribution in [-0.2, 0) is 0 Å². The zero-order valence-electron chi connectivity index (χ0n) is 12.8. The molecule has 6 heteroatoms. The van der Waals surface area contributed by atoms with Gasteiger partial charge in [-0.05, 0) is 36.4 Å². The van der Waals surface area contributed by atoms with Gasteiger partial charge in [-0.3, -0.25) is 9.59 Å². The number of aldehydes is 2. The van der Waals surface area contributed by atoms with E-state index in [1.807, 2.05) is 0 Å². The van der Waals surface area contributed by atoms with Crippen LogP contribution in [0.1, 0.15) is 20.7 Å². The van der Waals surface area contributed by atoms with Gasteiger partial charge in [0.1, 0.15) is 12.6 Å². The van der Waals surface area contributed by atoms with E-state index in [4.69, 9.17) is 18.9 Å². The number of methoxy groups -OCH3 is 2. The molecule has 0 aliphatic carbocycles. The smallest absolute Gasteiger partial charge is 0.231 e. The minimum Gasteiger partial charge on any atom is -0.493 e. The van der Waals surface area contributed by atoms with Gasteiger partial charge in [-0.25, -0.2) is 0 Å². The Kier molecular flexibility index (Phi) is 5.57. The predicted molar refractivity (Wildman–Crippen MR) is 82.9 cm³/mol. The zero-order chi connectivity index (χ0) is 16.7. The number of carbonyl (C=O) groups excluding carboxylic acids is 2. The second kappa shape index (κ2) is 7.84. The molecule has 0 atom stereocenters. The molecule has 0 amide bonds. The molecule has 0 aliphatic rings. The Labute approximate surface area is 133 Å². The van der Waals surface area contributed by atoms with Gasteiger partial charge in [0.15, 0.2) is 23.0 Å². The van der Waals surface area contributed by atoms with Gasteiger partial charge < -0.3 is 18.9 Å². The molecule has 0 fully saturated rings. The van der Waals surface area contributed by atoms with Crippen LogP contribution in [0.4, 0.5) is 0 Å². The fourth-order valence-electron chi connectivity index (χ4n) is 1.91. The van der Waals surface area contributed by atoms with Gasteiger partial charge in [0.2, 0.25) is 6.79 Å². The molecular weight excluding hydrogens is 300 g/mol. The average molecular weight is 316 g/mol. The van der Waals surface area contributed by atoms with Crippen molar-refractivity contribution in [1.82, 2.24) is 0 Å². The first-order valence-corrected chi connectivity index (χ1v) is 6.74. The summed E-state index contributed by atoms with van der Waals surface area (Å²) in [5.41, 5.74) is 0.948. The summed E-state index contributed by atoms with van der Waals surface area (Å²) in [5.74, 6) is 1.73. The van der Waals surface area contributed by atoms with Crippen molar-refractivity contribution in [3.63, 3.8) is 0 Å². The first kappa shape index (κ1) is 16.4. The van der Waals surface area contributed by atoms with Crippen LogP contribution in [0.25, 0.3) is 0 Å². The molecule has 6 nitrogen and oxygen atoms in total. The number of hydrogen-bond acceptors (Lipinski definition) is 6. The zero-order valence-corrected chi connectivity index (χ0v) is 12.8. The summed E-state index contributed by atoms with van der Waals surface area (Å²) < 4.78 is 21.3. The van der Waals surface area contributed by atoms with Crippen molar-refractivity contribution in [1.29, 1.82) is 0 Å². The third-order valence-electron chi connectivity index (χ3n) is 3.08. The molecule has 0 saturated carbocycles. The average Bonchev–Trinajstić information content (AvgIpc) is 2.61. The largest absolute Gasteiger partial charge is 0.493 e. The summed E-state index contributed by atoms with van der Waals surface area (Å²) in [5, 5.41) is 0. The first-order chi connectivity index (χ1) is 11.2. The SMILES string of the molecule is COc1cc(C=O)ccc1OCOc1cc(C=O)ccc1OC. The van der Waals surface area contributed by atoms with Crippen LogP contribution in [0.15, 0.2) is 36.4 Å². The normalized spacial score (nSPS) is 9.83. The van der Waals surface area contributed by atoms with Gasteiger partial charge in [0.25, 0.3) is 0 Å². The molecule has 2 aromatic carbocycles. The molecule has 0 unspecified atom stereocenters. The molecule has 0 spiro atoms. The Balaban J connectivity index is 2.08. The molecule has 120 valence electrons. The van der Waals surface area contributed by atoms with Crippen molar-refractivity contribution in [2.24, 2.45) is 0 Å². The number of hydrogen-bond donors (Lipinski definition) is 0. The number of benzene rings is 2. The molecule has 0 N–H and O–H groups in total. The lowest BCUT2D eigenvalue weighted by atomic mass is 10.2. The van der Waals surface area contributed by atoms with Crippen molar-refractivity contribution in [3.8, 4) is 23.0 Å². The van der Waals surface area contributed by atoms with Crippen LogP contribution in [0.3, 0.4) is 0 Å². The van der Waals surface area contributed by atoms with E-state index in [9.17, 15) is 9.59 Å². The highest BCUT2D eigenvalue weighted by atomic mass is 16.7. The van der Waals surface area contributed by atoms with E-state index in [2.05, 4.69) is 0 Å². The lowest BCUT2D eigenvalue weighted by molar-refractivity contribution is 0.109. The molecule has 0 heterocycles. The first-order valence-electron chi connectivity index (χ1n) is 6.74. The van der Waals surface area contributed by atoms with Crippen molar-refractivity contribution >= 4 is 12.6 Å². The summed E-state index contributed by atoms with van der Waals surface area (Å²) in [7, 11) is 2.99. The van der Waals surface area contributed by atoms with Crippen LogP contribution in [0.2, 0.25) is 0 Å². The molecule has 2 rings (SSSR count). The fourth-order valence-corrected chi connectivity index (χ4v) is 1.91. The highest BCUT2D eigenvalue weighted by molar-refractivity contribution is 5.77. The summed E-state index contributed by atoms with van der Waals surface area (Å²) >= 11 is 0. The maximum absolute atomic E-state index is 10.8. The molecule has 0 bridgehead atoms. The Morgan fingerprint density at radius 3 is 1.83 bits per heavy atom. The Bertz CT molecular complexity index is 695. The lowest BCUT2D eigenvalue weighted by Gasteiger charge is -2.14. The second-order valence-corrected chi connectivity index (χ2v) is 4.46. The van der Waals surface area contributed by atoms with E-state index in [1.165, 1.54) is 14.2 Å². The fraction of sp³-hybridized carbons (Fsp3) is 0.176. The van der Waals surface area contributed by atoms with Crippen molar-refractivity contribution in [2.75, 3.05) is 21.0 Å². The van der Waals surface area contributed by atoms with Crippen LogP contribution in [-0.4, -0.2) is 33.6 Å². The molecule has 0 aliphatic heterocycles. The Morgan fingerprint density at radius 2 is 1.26 bits per heavy atom. The third kappa shape index (κ3) is 4.00. The lowest BCUT2D eigenvalue weighted by Crippen LogP contribution is -2.08. The topological polar surface area (TPSA) is 71.1 Å². The summed E-state index contributed by atoms with van der Waals surface area (Å²) in [6, 6.07) is 9.61. The summed E-state index contributed by atoms with van der Waals surface area (Å²) in [6.45, 7) is -0.116. The summed E-state index contributed by atoms with van der Waals surface area (Å²) in [6.07, 6.45) is 1.44. The van der Waals surface area contributed by atoms with Gasteiger partial charge >= 0.3 is 0 Å². The van der Waals surface area contributed by atoms with E-state index in [1.54, 1.807) is 36.4 Å². The van der Waals surface area contributed by atoms with Crippen LogP contribution < -0.4 is 18.9 Å². The Morgan fingerprint density at radius 1 is 0.739 bits per heavy atom. The van der Waals surface area contributed by atoms with Crippen LogP contribution in [0.5, 0.6) is 23.0 Å². The maximum Gasteiger partial charge on any atom is 0.231 e. The van der Waals surface area contributed by atoms with Crippen LogP contribution >= 0.6 is 0 Å². The van der Waals surface area contributed by atoms with Crippen molar-refractivity contribution in [3.05, 3.63) is 47.5 Å². The molecule has 0 radical (unpaired) electrons. The minimum absolute atomic E-state index is 0.116. The van der Waals surface area contributed by atoms with E-state index in [0.29, 0.717) is 40.4 Å². The van der Waals surface area contributed by atoms with Gasteiger partial charge in [-0.1, -0.05) is 0 Å². The summed E-state index contributed by atoms with van der Waals surface area (Å²) in [4.78, 5) is 21.6. The van der Waals surface area contributed by atoms with E-state index < -0.39 is 0 Å². The number of rotatable bonds is 8. The minimum atomic E-state index is -0.116. The monoisotopic (exact) mass is 316 g/mol. The predicted octanol–water partition coefficient (Wildman–Crippen LogP) is 2.74. The number of ether oxygens (including phenoxy) is 4. The number of carbonyl (C=O) groups is 2. The highest BCUT2D eigenvalue weighted by Crippen LogP contribution is 2.30. The highest BCUT2D eigenvalue weighted by Gasteiger charge is 2.08. The molecular formula is C17H16O6. The van der Waals surface area contributed by atoms with Gasteiger partial charge in [0, 0.05) is 11.1 Å². The molecule has 23 heavy (non-hydrogen) atoms. The Hall–Kier alpha value is -3.02. The van der Waals surface area contributed by atoms with E-state index in [-0.39, 0.29) is 6.79 Å². The standard InChI is InChI=1S/C17H16O6/c1-20-14-5-3-13(10-19)8-17(14)23-11-22-15-6-4-12(9-18)7-16(15)21-2/h3-10H,11H2,1-2H3. The van der Waals surface area contributed by atoms with Crippen molar-refractivity contribution < 1.29 is 28.5 Å². The molecule has 0 saturated heterocycles. The molecule has 0 aromatic heterocycles. The van der Waals surface area contributed by atoms with Gasteiger partial charge in [-0.2, -0.15) is 0 Å². The van der Waals surface area contributed by atoms with Gasteiger partial charge in [0.05, 0.1) is 14.2 Å². The maximum atomic E-state index is 10.8. The third-order valence-corrected chi connectivity index (χ3v) is 3.08. The molecule has 2 aromatic rings. The van der Waals surface area contributed by atoms with Crippen LogP contribution in [0, 0.1) is 0 Å². The van der Waals surface area contributed by atoms with Crippen molar-refractivity contribution in [2.45, 2.75) is 0 Å².